The molecule has 7 nitrogen and oxygen atoms in total. The monoisotopic (exact) mass is 350 g/mol. The van der Waals surface area contributed by atoms with Gasteiger partial charge in [0, 0.05) is 43.5 Å². The van der Waals surface area contributed by atoms with Crippen LogP contribution >= 0.6 is 0 Å². The minimum absolute atomic E-state index is 0.0639. The van der Waals surface area contributed by atoms with Gasteiger partial charge in [0.05, 0.1) is 11.9 Å². The standard InChI is InChI=1S/C18H15FN6O/c19-14-8-13(15-3-6-25-17(23-15)1-4-22-25)9-21-18(14)16(26)7-12-2-5-24(10-12)11-20/h1,3-4,6,8-9,12H,2,5,7,10H2/t12-/m0/s1. The molecule has 0 radical (unpaired) electrons. The van der Waals surface area contributed by atoms with E-state index in [2.05, 4.69) is 21.3 Å². The van der Waals surface area contributed by atoms with Gasteiger partial charge in [0.1, 0.15) is 5.69 Å². The SMILES string of the molecule is N#CN1CC[C@@H](CC(=O)c2ncc(-c3ccn4nccc4n3)cc2F)C1. The second-order valence-corrected chi connectivity index (χ2v) is 6.33. The fraction of sp³-hybridized carbons (Fsp3) is 0.278. The molecule has 1 saturated heterocycles. The van der Waals surface area contributed by atoms with Gasteiger partial charge in [-0.15, -0.1) is 0 Å². The highest BCUT2D eigenvalue weighted by atomic mass is 19.1. The van der Waals surface area contributed by atoms with E-state index in [0.29, 0.717) is 30.0 Å². The molecule has 26 heavy (non-hydrogen) atoms. The second kappa shape index (κ2) is 6.52. The molecule has 0 amide bonds. The molecule has 0 unspecified atom stereocenters. The summed E-state index contributed by atoms with van der Waals surface area (Å²) in [7, 11) is 0. The third kappa shape index (κ3) is 2.99. The zero-order chi connectivity index (χ0) is 18.1. The number of hydrogen-bond donors (Lipinski definition) is 0. The van der Waals surface area contributed by atoms with Gasteiger partial charge in [0.2, 0.25) is 0 Å². The normalized spacial score (nSPS) is 16.8. The molecular weight excluding hydrogens is 335 g/mol. The first-order valence-corrected chi connectivity index (χ1v) is 8.28. The number of carbonyl (C=O) groups excluding carboxylic acids is 1. The summed E-state index contributed by atoms with van der Waals surface area (Å²) in [5.41, 5.74) is 1.55. The Morgan fingerprint density at radius 3 is 3.08 bits per heavy atom. The zero-order valence-electron chi connectivity index (χ0n) is 13.8. The maximum Gasteiger partial charge on any atom is 0.184 e. The molecule has 0 N–H and O–H groups in total. The highest BCUT2D eigenvalue weighted by Crippen LogP contribution is 2.23. The summed E-state index contributed by atoms with van der Waals surface area (Å²) in [6.07, 6.45) is 7.85. The molecule has 0 aromatic carbocycles. The zero-order valence-corrected chi connectivity index (χ0v) is 13.8. The van der Waals surface area contributed by atoms with Gasteiger partial charge >= 0.3 is 0 Å². The van der Waals surface area contributed by atoms with Gasteiger partial charge in [0.15, 0.2) is 23.4 Å². The Morgan fingerprint density at radius 2 is 2.31 bits per heavy atom. The largest absolute Gasteiger partial charge is 0.310 e. The lowest BCUT2D eigenvalue weighted by atomic mass is 9.99. The van der Waals surface area contributed by atoms with Crippen LogP contribution < -0.4 is 0 Å². The van der Waals surface area contributed by atoms with E-state index in [0.717, 1.165) is 6.42 Å². The number of rotatable bonds is 4. The average Bonchev–Trinajstić information content (AvgIpc) is 3.29. The van der Waals surface area contributed by atoms with Crippen molar-refractivity contribution < 1.29 is 9.18 Å². The molecule has 1 fully saturated rings. The van der Waals surface area contributed by atoms with Crippen LogP contribution in [-0.4, -0.2) is 43.4 Å². The number of aromatic nitrogens is 4. The number of Topliss-reactive ketones (excluding diaryl/α,β-unsaturated/α-hetero) is 1. The summed E-state index contributed by atoms with van der Waals surface area (Å²) in [6, 6.07) is 4.75. The number of hydrogen-bond acceptors (Lipinski definition) is 6. The lowest BCUT2D eigenvalue weighted by Crippen LogP contribution is -2.16. The number of halogens is 1. The van der Waals surface area contributed by atoms with E-state index in [-0.39, 0.29) is 23.8 Å². The molecule has 0 saturated carbocycles. The molecule has 130 valence electrons. The third-order valence-electron chi connectivity index (χ3n) is 4.56. The van der Waals surface area contributed by atoms with Crippen LogP contribution in [0.4, 0.5) is 4.39 Å². The molecule has 3 aromatic heterocycles. The predicted octanol–water partition coefficient (Wildman–Crippen LogP) is 2.31. The van der Waals surface area contributed by atoms with Crippen molar-refractivity contribution in [2.24, 2.45) is 5.92 Å². The van der Waals surface area contributed by atoms with Crippen LogP contribution in [-0.2, 0) is 0 Å². The first kappa shape index (κ1) is 16.1. The Kier molecular flexibility index (Phi) is 4.05. The van der Waals surface area contributed by atoms with E-state index in [1.165, 1.54) is 12.3 Å². The number of nitrogens with zero attached hydrogens (tertiary/aromatic N) is 6. The molecule has 4 rings (SSSR count). The predicted molar refractivity (Wildman–Crippen MR) is 90.4 cm³/mol. The minimum atomic E-state index is -0.655. The van der Waals surface area contributed by atoms with E-state index < -0.39 is 5.82 Å². The highest BCUT2D eigenvalue weighted by molar-refractivity contribution is 5.95. The van der Waals surface area contributed by atoms with Crippen LogP contribution in [0.5, 0.6) is 0 Å². The van der Waals surface area contributed by atoms with E-state index >= 15 is 0 Å². The maximum atomic E-state index is 14.5. The molecule has 4 heterocycles. The van der Waals surface area contributed by atoms with Crippen molar-refractivity contribution in [3.63, 3.8) is 0 Å². The molecule has 1 atom stereocenters. The summed E-state index contributed by atoms with van der Waals surface area (Å²) in [5.74, 6) is -0.926. The molecule has 0 bridgehead atoms. The number of ketones is 1. The average molecular weight is 350 g/mol. The summed E-state index contributed by atoms with van der Waals surface area (Å²) < 4.78 is 16.1. The molecule has 1 aliphatic rings. The molecule has 1 aliphatic heterocycles. The quantitative estimate of drug-likeness (QED) is 0.530. The van der Waals surface area contributed by atoms with Gasteiger partial charge in [-0.1, -0.05) is 0 Å². The highest BCUT2D eigenvalue weighted by Gasteiger charge is 2.26. The third-order valence-corrected chi connectivity index (χ3v) is 4.56. The minimum Gasteiger partial charge on any atom is -0.310 e. The first-order chi connectivity index (χ1) is 12.6. The van der Waals surface area contributed by atoms with Gasteiger partial charge < -0.3 is 4.90 Å². The van der Waals surface area contributed by atoms with Crippen LogP contribution in [0.15, 0.2) is 36.8 Å². The first-order valence-electron chi connectivity index (χ1n) is 8.28. The van der Waals surface area contributed by atoms with Crippen molar-refractivity contribution >= 4 is 11.4 Å². The van der Waals surface area contributed by atoms with Crippen LogP contribution in [0.2, 0.25) is 0 Å². The van der Waals surface area contributed by atoms with Crippen molar-refractivity contribution in [2.45, 2.75) is 12.8 Å². The number of nitriles is 1. The summed E-state index contributed by atoms with van der Waals surface area (Å²) >= 11 is 0. The lowest BCUT2D eigenvalue weighted by molar-refractivity contribution is 0.0954. The fourth-order valence-electron chi connectivity index (χ4n) is 3.21. The van der Waals surface area contributed by atoms with Crippen LogP contribution in [0.1, 0.15) is 23.3 Å². The topological polar surface area (TPSA) is 87.2 Å². The Bertz CT molecular complexity index is 1020. The Balaban J connectivity index is 1.54. The summed E-state index contributed by atoms with van der Waals surface area (Å²) in [6.45, 7) is 1.18. The lowest BCUT2D eigenvalue weighted by Gasteiger charge is -2.09. The van der Waals surface area contributed by atoms with Crippen LogP contribution in [0, 0.1) is 23.2 Å². The van der Waals surface area contributed by atoms with Gasteiger partial charge in [0.25, 0.3) is 0 Å². The van der Waals surface area contributed by atoms with E-state index in [1.807, 2.05) is 0 Å². The number of likely N-dealkylation sites (tertiary alicyclic amines) is 1. The Labute approximate surface area is 148 Å². The maximum absolute atomic E-state index is 14.5. The summed E-state index contributed by atoms with van der Waals surface area (Å²) in [4.78, 5) is 22.4. The second-order valence-electron chi connectivity index (χ2n) is 6.33. The van der Waals surface area contributed by atoms with Crippen molar-refractivity contribution in [1.82, 2.24) is 24.5 Å². The van der Waals surface area contributed by atoms with E-state index in [4.69, 9.17) is 5.26 Å². The van der Waals surface area contributed by atoms with Crippen LogP contribution in [0.3, 0.4) is 0 Å². The molecule has 0 aliphatic carbocycles. The van der Waals surface area contributed by atoms with Gasteiger partial charge in [-0.2, -0.15) is 10.4 Å². The smallest absolute Gasteiger partial charge is 0.184 e. The number of pyridine rings is 1. The number of fused-ring (bicyclic) bond motifs is 1. The Hall–Kier alpha value is -3.34. The van der Waals surface area contributed by atoms with E-state index in [9.17, 15) is 9.18 Å². The van der Waals surface area contributed by atoms with Gasteiger partial charge in [-0.3, -0.25) is 4.79 Å². The van der Waals surface area contributed by atoms with Gasteiger partial charge in [-0.05, 0) is 24.5 Å². The molecule has 3 aromatic rings. The fourth-order valence-corrected chi connectivity index (χ4v) is 3.21. The molecule has 8 heteroatoms. The van der Waals surface area contributed by atoms with Crippen molar-refractivity contribution in [2.75, 3.05) is 13.1 Å². The van der Waals surface area contributed by atoms with Crippen molar-refractivity contribution in [3.05, 3.63) is 48.3 Å². The summed E-state index contributed by atoms with van der Waals surface area (Å²) in [5, 5.41) is 12.9. The Morgan fingerprint density at radius 1 is 1.42 bits per heavy atom. The van der Waals surface area contributed by atoms with Crippen molar-refractivity contribution in [3.8, 4) is 17.5 Å². The molecule has 0 spiro atoms. The van der Waals surface area contributed by atoms with Gasteiger partial charge in [-0.25, -0.2) is 18.9 Å². The number of carbonyl (C=O) groups is 1. The van der Waals surface area contributed by atoms with Crippen molar-refractivity contribution in [1.29, 1.82) is 5.26 Å². The molecular formula is C18H15FN6O. The van der Waals surface area contributed by atoms with Crippen LogP contribution in [0.25, 0.3) is 16.9 Å². The van der Waals surface area contributed by atoms with E-state index in [1.54, 1.807) is 33.9 Å².